The Morgan fingerprint density at radius 1 is 1.15 bits per heavy atom. The molecule has 2 aromatic rings. The van der Waals surface area contributed by atoms with Crippen LogP contribution in [0.4, 0.5) is 4.39 Å². The van der Waals surface area contributed by atoms with Gasteiger partial charge in [-0.15, -0.1) is 0 Å². The molecule has 0 bridgehead atoms. The van der Waals surface area contributed by atoms with Crippen molar-refractivity contribution in [3.8, 4) is 5.75 Å². The highest BCUT2D eigenvalue weighted by molar-refractivity contribution is 5.40. The minimum Gasteiger partial charge on any atom is -0.485 e. The molecule has 3 heteroatoms. The Balaban J connectivity index is 1.97. The van der Waals surface area contributed by atoms with Gasteiger partial charge in [-0.2, -0.15) is 0 Å². The van der Waals surface area contributed by atoms with E-state index >= 15 is 0 Å². The van der Waals surface area contributed by atoms with Crippen LogP contribution in [-0.2, 0) is 0 Å². The van der Waals surface area contributed by atoms with Crippen LogP contribution in [0.5, 0.6) is 5.75 Å². The molecule has 2 unspecified atom stereocenters. The number of para-hydroxylation sites is 1. The molecule has 0 saturated heterocycles. The topological polar surface area (TPSA) is 21.3 Å². The molecular weight excluding hydrogens is 253 g/mol. The lowest BCUT2D eigenvalue weighted by molar-refractivity contribution is 0.153. The van der Waals surface area contributed by atoms with Crippen LogP contribution in [0.1, 0.15) is 35.3 Å². The maximum Gasteiger partial charge on any atom is 0.126 e. The van der Waals surface area contributed by atoms with Gasteiger partial charge in [-0.3, -0.25) is 0 Å². The van der Waals surface area contributed by atoms with Crippen molar-refractivity contribution in [3.05, 3.63) is 65.0 Å². The first-order chi connectivity index (χ1) is 9.69. The van der Waals surface area contributed by atoms with Crippen molar-refractivity contribution in [2.24, 2.45) is 0 Å². The first-order valence-corrected chi connectivity index (χ1v) is 6.88. The van der Waals surface area contributed by atoms with E-state index in [-0.39, 0.29) is 18.0 Å². The van der Waals surface area contributed by atoms with Gasteiger partial charge >= 0.3 is 0 Å². The highest BCUT2D eigenvalue weighted by Gasteiger charge is 2.28. The second kappa shape index (κ2) is 5.25. The van der Waals surface area contributed by atoms with Gasteiger partial charge in [0.05, 0.1) is 0 Å². The van der Waals surface area contributed by atoms with Crippen LogP contribution in [0.15, 0.2) is 42.5 Å². The van der Waals surface area contributed by atoms with Gasteiger partial charge in [0.1, 0.15) is 17.7 Å². The van der Waals surface area contributed by atoms with Crippen molar-refractivity contribution in [2.45, 2.75) is 25.5 Å². The summed E-state index contributed by atoms with van der Waals surface area (Å²) in [6.07, 6.45) is 0.808. The second-order valence-electron chi connectivity index (χ2n) is 5.22. The van der Waals surface area contributed by atoms with Crippen LogP contribution in [0.2, 0.25) is 0 Å². The Morgan fingerprint density at radius 2 is 1.95 bits per heavy atom. The van der Waals surface area contributed by atoms with E-state index in [9.17, 15) is 4.39 Å². The Bertz CT molecular complexity index is 626. The smallest absolute Gasteiger partial charge is 0.126 e. The van der Waals surface area contributed by atoms with E-state index in [1.807, 2.05) is 38.2 Å². The van der Waals surface area contributed by atoms with E-state index in [1.54, 1.807) is 6.07 Å². The maximum absolute atomic E-state index is 13.2. The van der Waals surface area contributed by atoms with Crippen molar-refractivity contribution in [2.75, 3.05) is 7.05 Å². The molecule has 0 aromatic heterocycles. The van der Waals surface area contributed by atoms with Crippen LogP contribution in [0, 0.1) is 12.7 Å². The summed E-state index contributed by atoms with van der Waals surface area (Å²) in [4.78, 5) is 0. The average molecular weight is 271 g/mol. The molecule has 0 radical (unpaired) electrons. The highest BCUT2D eigenvalue weighted by Crippen LogP contribution is 2.41. The van der Waals surface area contributed by atoms with Gasteiger partial charge in [0.2, 0.25) is 0 Å². The van der Waals surface area contributed by atoms with Crippen LogP contribution in [0.3, 0.4) is 0 Å². The molecule has 0 amide bonds. The zero-order valence-corrected chi connectivity index (χ0v) is 11.7. The van der Waals surface area contributed by atoms with Crippen LogP contribution >= 0.6 is 0 Å². The Kier molecular flexibility index (Phi) is 3.45. The van der Waals surface area contributed by atoms with E-state index in [2.05, 4.69) is 11.4 Å². The molecule has 0 aliphatic carbocycles. The number of ether oxygens (including phenoxy) is 1. The van der Waals surface area contributed by atoms with E-state index in [0.717, 1.165) is 23.3 Å². The fourth-order valence-corrected chi connectivity index (χ4v) is 2.88. The molecule has 20 heavy (non-hydrogen) atoms. The Hall–Kier alpha value is -1.87. The van der Waals surface area contributed by atoms with Gasteiger partial charge in [-0.05, 0) is 43.3 Å². The molecule has 1 aliphatic rings. The number of benzene rings is 2. The lowest BCUT2D eigenvalue weighted by Gasteiger charge is -2.33. The van der Waals surface area contributed by atoms with Gasteiger partial charge in [0.25, 0.3) is 0 Å². The van der Waals surface area contributed by atoms with Gasteiger partial charge in [-0.25, -0.2) is 4.39 Å². The fourth-order valence-electron chi connectivity index (χ4n) is 2.88. The van der Waals surface area contributed by atoms with Crippen molar-refractivity contribution in [3.63, 3.8) is 0 Å². The predicted molar refractivity (Wildman–Crippen MR) is 77.4 cm³/mol. The number of hydrogen-bond acceptors (Lipinski definition) is 2. The van der Waals surface area contributed by atoms with Gasteiger partial charge < -0.3 is 10.1 Å². The van der Waals surface area contributed by atoms with Gasteiger partial charge in [-0.1, -0.05) is 24.3 Å². The summed E-state index contributed by atoms with van der Waals surface area (Å²) in [6, 6.07) is 13.2. The highest BCUT2D eigenvalue weighted by atomic mass is 19.1. The molecule has 104 valence electrons. The van der Waals surface area contributed by atoms with E-state index in [1.165, 1.54) is 11.6 Å². The van der Waals surface area contributed by atoms with Gasteiger partial charge in [0.15, 0.2) is 0 Å². The number of halogens is 1. The molecule has 1 heterocycles. The minimum atomic E-state index is -0.201. The SMILES string of the molecule is CNC1CC(c2ccc(F)cc2C)Oc2ccccc21. The Labute approximate surface area is 118 Å². The van der Waals surface area contributed by atoms with Gasteiger partial charge in [0, 0.05) is 18.0 Å². The predicted octanol–water partition coefficient (Wildman–Crippen LogP) is 3.92. The molecule has 2 aromatic carbocycles. The van der Waals surface area contributed by atoms with E-state index in [0.29, 0.717) is 0 Å². The van der Waals surface area contributed by atoms with Crippen LogP contribution < -0.4 is 10.1 Å². The molecule has 2 atom stereocenters. The summed E-state index contributed by atoms with van der Waals surface area (Å²) >= 11 is 0. The first-order valence-electron chi connectivity index (χ1n) is 6.88. The molecule has 0 fully saturated rings. The lowest BCUT2D eigenvalue weighted by Crippen LogP contribution is -2.27. The Morgan fingerprint density at radius 3 is 2.70 bits per heavy atom. The zero-order valence-electron chi connectivity index (χ0n) is 11.7. The quantitative estimate of drug-likeness (QED) is 0.894. The molecule has 3 rings (SSSR count). The molecule has 1 N–H and O–H groups in total. The number of hydrogen-bond donors (Lipinski definition) is 1. The third-order valence-corrected chi connectivity index (χ3v) is 3.94. The largest absolute Gasteiger partial charge is 0.485 e. The molecule has 2 nitrogen and oxygen atoms in total. The number of fused-ring (bicyclic) bond motifs is 1. The summed E-state index contributed by atoms with van der Waals surface area (Å²) in [5, 5.41) is 3.34. The fraction of sp³-hybridized carbons (Fsp3) is 0.294. The number of nitrogens with one attached hydrogen (secondary N) is 1. The molecule has 0 saturated carbocycles. The molecular formula is C17H18FNO. The molecule has 1 aliphatic heterocycles. The van der Waals surface area contributed by atoms with Crippen molar-refractivity contribution < 1.29 is 9.13 Å². The second-order valence-corrected chi connectivity index (χ2v) is 5.22. The maximum atomic E-state index is 13.2. The first kappa shape index (κ1) is 13.1. The summed E-state index contributed by atoms with van der Waals surface area (Å²) < 4.78 is 19.4. The van der Waals surface area contributed by atoms with Crippen LogP contribution in [0.25, 0.3) is 0 Å². The van der Waals surface area contributed by atoms with Crippen molar-refractivity contribution >= 4 is 0 Å². The summed E-state index contributed by atoms with van der Waals surface area (Å²) in [5.41, 5.74) is 3.18. The lowest BCUT2D eigenvalue weighted by atomic mass is 9.91. The van der Waals surface area contributed by atoms with E-state index < -0.39 is 0 Å². The summed E-state index contributed by atoms with van der Waals surface area (Å²) in [7, 11) is 1.96. The number of rotatable bonds is 2. The molecule has 0 spiro atoms. The third-order valence-electron chi connectivity index (χ3n) is 3.94. The average Bonchev–Trinajstić information content (AvgIpc) is 2.46. The number of aryl methyl sites for hydroxylation is 1. The van der Waals surface area contributed by atoms with Crippen molar-refractivity contribution in [1.29, 1.82) is 0 Å². The zero-order chi connectivity index (χ0) is 14.1. The van der Waals surface area contributed by atoms with Crippen LogP contribution in [-0.4, -0.2) is 7.05 Å². The summed E-state index contributed by atoms with van der Waals surface area (Å²) in [5.74, 6) is 0.708. The monoisotopic (exact) mass is 271 g/mol. The van der Waals surface area contributed by atoms with E-state index in [4.69, 9.17) is 4.74 Å². The van der Waals surface area contributed by atoms with Crippen molar-refractivity contribution in [1.82, 2.24) is 5.32 Å². The third kappa shape index (κ3) is 2.29. The summed E-state index contributed by atoms with van der Waals surface area (Å²) in [6.45, 7) is 1.93. The minimum absolute atomic E-state index is 0.0389. The standard InChI is InChI=1S/C17H18FNO/c1-11-9-12(18)7-8-13(11)17-10-15(19-2)14-5-3-4-6-16(14)20-17/h3-9,15,17,19H,10H2,1-2H3. The normalized spacial score (nSPS) is 21.1.